The van der Waals surface area contributed by atoms with E-state index in [-0.39, 0.29) is 46.2 Å². The number of ether oxygens (including phenoxy) is 2. The first-order valence-corrected chi connectivity index (χ1v) is 7.97. The third-order valence-electron chi connectivity index (χ3n) is 1.78. The minimum atomic E-state index is -1.50. The molecule has 0 fully saturated rings. The Hall–Kier alpha value is -1.44. The summed E-state index contributed by atoms with van der Waals surface area (Å²) in [6.07, 6.45) is -0.401. The summed E-state index contributed by atoms with van der Waals surface area (Å²) in [6.45, 7) is 7.55. The average molecular weight is 543 g/mol. The molecular formula is C12H23AgBrN2O10. The van der Waals surface area contributed by atoms with Crippen LogP contribution in [0.25, 0.3) is 0 Å². The van der Waals surface area contributed by atoms with E-state index in [2.05, 4.69) is 30.2 Å². The predicted molar refractivity (Wildman–Crippen MR) is 87.2 cm³/mol. The molecule has 0 bridgehead atoms. The van der Waals surface area contributed by atoms with Crippen molar-refractivity contribution in [2.45, 2.75) is 51.5 Å². The Morgan fingerprint density at radius 1 is 1.04 bits per heavy atom. The Morgan fingerprint density at radius 3 is 1.65 bits per heavy atom. The third kappa shape index (κ3) is 38.2. The molecular weight excluding hydrogens is 520 g/mol. The molecule has 159 valence electrons. The Labute approximate surface area is 174 Å². The van der Waals surface area contributed by atoms with Crippen molar-refractivity contribution in [3.63, 3.8) is 0 Å². The number of alkyl halides is 1. The van der Waals surface area contributed by atoms with E-state index in [1.54, 1.807) is 13.8 Å². The molecule has 0 aromatic heterocycles. The van der Waals surface area contributed by atoms with Gasteiger partial charge in [-0.1, -0.05) is 22.9 Å². The summed E-state index contributed by atoms with van der Waals surface area (Å²) in [5.41, 5.74) is 0. The van der Waals surface area contributed by atoms with Crippen molar-refractivity contribution in [2.75, 3.05) is 13.2 Å². The number of hydrogen-bond donors (Lipinski definition) is 1. The van der Waals surface area contributed by atoms with E-state index in [1.165, 1.54) is 6.92 Å². The van der Waals surface area contributed by atoms with Crippen LogP contribution < -0.4 is 0 Å². The maximum Gasteiger partial charge on any atom is 0.308 e. The predicted octanol–water partition coefficient (Wildman–Crippen LogP) is 1.91. The van der Waals surface area contributed by atoms with Gasteiger partial charge in [-0.25, -0.2) is 0 Å². The number of esters is 2. The molecule has 0 rings (SSSR count). The van der Waals surface area contributed by atoms with Crippen LogP contribution in [0, 0.1) is 20.2 Å². The topological polar surface area (TPSA) is 168 Å². The van der Waals surface area contributed by atoms with Gasteiger partial charge in [-0.15, -0.1) is 20.2 Å². The van der Waals surface area contributed by atoms with Crippen LogP contribution in [0.1, 0.15) is 40.5 Å². The van der Waals surface area contributed by atoms with E-state index in [0.717, 1.165) is 0 Å². The summed E-state index contributed by atoms with van der Waals surface area (Å²) >= 11 is 3.24. The SMILES string of the molecule is CCOC(=O)CC(C)Br.CCOC(=O)CC(C)O[N+](=O)[O-].O=[N+]([O-])O.[Ag]. The second-order valence-corrected chi connectivity index (χ2v) is 5.74. The first kappa shape index (κ1) is 32.3. The first-order chi connectivity index (χ1) is 11.5. The minimum Gasteiger partial charge on any atom is -0.466 e. The number of hydrogen-bond acceptors (Lipinski definition) is 9. The van der Waals surface area contributed by atoms with Crippen LogP contribution in [0.4, 0.5) is 0 Å². The van der Waals surface area contributed by atoms with Gasteiger partial charge in [-0.2, -0.15) is 0 Å². The Balaban J connectivity index is -0.000000153. The molecule has 0 saturated carbocycles. The van der Waals surface area contributed by atoms with Crippen LogP contribution in [0.2, 0.25) is 0 Å². The van der Waals surface area contributed by atoms with Crippen molar-refractivity contribution in [2.24, 2.45) is 0 Å². The van der Waals surface area contributed by atoms with E-state index in [4.69, 9.17) is 15.3 Å². The zero-order valence-corrected chi connectivity index (χ0v) is 17.7. The van der Waals surface area contributed by atoms with Crippen molar-refractivity contribution < 1.29 is 61.7 Å². The average Bonchev–Trinajstić information content (AvgIpc) is 2.36. The second-order valence-electron chi connectivity index (χ2n) is 4.18. The number of nitrogens with zero attached hydrogens (tertiary/aromatic N) is 2. The molecule has 0 aromatic carbocycles. The number of carbonyl (C=O) groups excluding carboxylic acids is 2. The second kappa shape index (κ2) is 21.6. The van der Waals surface area contributed by atoms with Gasteiger partial charge >= 0.3 is 11.9 Å². The van der Waals surface area contributed by atoms with Gasteiger partial charge in [0.25, 0.3) is 10.2 Å². The quantitative estimate of drug-likeness (QED) is 0.157. The fraction of sp³-hybridized carbons (Fsp3) is 0.833. The van der Waals surface area contributed by atoms with Crippen molar-refractivity contribution in [3.8, 4) is 0 Å². The molecule has 0 aromatic rings. The van der Waals surface area contributed by atoms with Gasteiger partial charge in [0, 0.05) is 27.2 Å². The smallest absolute Gasteiger partial charge is 0.308 e. The van der Waals surface area contributed by atoms with Crippen LogP contribution in [0.5, 0.6) is 0 Å². The van der Waals surface area contributed by atoms with Crippen LogP contribution >= 0.6 is 15.9 Å². The molecule has 0 heterocycles. The standard InChI is InChI=1S/C6H11BrO2.C6H11NO5.Ag.HNO3/c1-3-9-6(8)4-5(2)7;1-3-11-6(8)4-5(2)12-7(9)10;;2-1(3)4/h5H,3-4H2,1-2H3;5H,3-4H2,1-2H3;;(H,2,3,4). The summed E-state index contributed by atoms with van der Waals surface area (Å²) in [7, 11) is 0. The van der Waals surface area contributed by atoms with Crippen LogP contribution in [-0.4, -0.2) is 51.5 Å². The van der Waals surface area contributed by atoms with Crippen molar-refractivity contribution in [3.05, 3.63) is 20.2 Å². The molecule has 2 unspecified atom stereocenters. The number of rotatable bonds is 8. The van der Waals surface area contributed by atoms with E-state index < -0.39 is 22.2 Å². The molecule has 0 saturated heterocycles. The summed E-state index contributed by atoms with van der Waals surface area (Å²) in [5.74, 6) is -0.631. The number of carbonyl (C=O) groups is 2. The molecule has 0 spiro atoms. The van der Waals surface area contributed by atoms with Gasteiger partial charge in [0.2, 0.25) is 0 Å². The largest absolute Gasteiger partial charge is 0.466 e. The van der Waals surface area contributed by atoms with Crippen LogP contribution in [-0.2, 0) is 46.3 Å². The fourth-order valence-corrected chi connectivity index (χ4v) is 1.35. The van der Waals surface area contributed by atoms with Gasteiger partial charge in [-0.05, 0) is 20.8 Å². The molecule has 26 heavy (non-hydrogen) atoms. The molecule has 2 atom stereocenters. The summed E-state index contributed by atoms with van der Waals surface area (Å²) in [5, 5.41) is 22.5. The third-order valence-corrected chi connectivity index (χ3v) is 2.10. The summed E-state index contributed by atoms with van der Waals surface area (Å²) in [4.78, 5) is 43.8. The minimum absolute atomic E-state index is 0. The summed E-state index contributed by atoms with van der Waals surface area (Å²) in [6, 6.07) is 0. The van der Waals surface area contributed by atoms with E-state index in [1.807, 2.05) is 6.92 Å². The zero-order chi connectivity index (χ0) is 20.4. The van der Waals surface area contributed by atoms with Crippen LogP contribution in [0.15, 0.2) is 0 Å². The molecule has 14 heteroatoms. The summed E-state index contributed by atoms with van der Waals surface area (Å²) < 4.78 is 9.24. The Bertz CT molecular complexity index is 407. The van der Waals surface area contributed by atoms with Gasteiger partial charge in [-0.3, -0.25) is 9.59 Å². The van der Waals surface area contributed by atoms with Crippen molar-refractivity contribution in [1.82, 2.24) is 0 Å². The maximum atomic E-state index is 10.7. The van der Waals surface area contributed by atoms with Gasteiger partial charge in [0.05, 0.1) is 26.1 Å². The maximum absolute atomic E-state index is 10.7. The van der Waals surface area contributed by atoms with Crippen LogP contribution in [0.3, 0.4) is 0 Å². The van der Waals surface area contributed by atoms with Gasteiger partial charge < -0.3 is 19.5 Å². The first-order valence-electron chi connectivity index (χ1n) is 7.05. The molecule has 12 nitrogen and oxygen atoms in total. The molecule has 0 aliphatic rings. The molecule has 0 amide bonds. The fourth-order valence-electron chi connectivity index (χ4n) is 1.09. The van der Waals surface area contributed by atoms with E-state index >= 15 is 0 Å². The Morgan fingerprint density at radius 2 is 1.38 bits per heavy atom. The van der Waals surface area contributed by atoms with Crippen molar-refractivity contribution in [1.29, 1.82) is 0 Å². The molecule has 0 aliphatic carbocycles. The zero-order valence-electron chi connectivity index (χ0n) is 14.7. The molecule has 0 aliphatic heterocycles. The molecule has 1 N–H and O–H groups in total. The van der Waals surface area contributed by atoms with E-state index in [0.29, 0.717) is 13.0 Å². The van der Waals surface area contributed by atoms with E-state index in [9.17, 15) is 19.7 Å². The Kier molecular flexibility index (Phi) is 26.8. The van der Waals surface area contributed by atoms with Gasteiger partial charge in [0.15, 0.2) is 0 Å². The van der Waals surface area contributed by atoms with Crippen molar-refractivity contribution >= 4 is 27.9 Å². The molecule has 1 radical (unpaired) electrons. The monoisotopic (exact) mass is 541 g/mol. The normalized spacial score (nSPS) is 10.8. The number of halogens is 1. The van der Waals surface area contributed by atoms with Gasteiger partial charge in [0.1, 0.15) is 6.10 Å².